The van der Waals surface area contributed by atoms with Gasteiger partial charge in [-0.3, -0.25) is 0 Å². The van der Waals surface area contributed by atoms with Crippen molar-refractivity contribution >= 4 is 4.82 Å². The number of hydrogen-bond donors (Lipinski definition) is 0. The molecule has 0 aromatic rings. The monoisotopic (exact) mass is 334 g/mol. The van der Waals surface area contributed by atoms with Gasteiger partial charge in [0.15, 0.2) is 0 Å². The van der Waals surface area contributed by atoms with Crippen molar-refractivity contribution in [2.45, 2.75) is 64.2 Å². The Morgan fingerprint density at radius 2 is 1.18 bits per heavy atom. The zero-order valence-corrected chi connectivity index (χ0v) is 16.3. The first kappa shape index (κ1) is 21.8. The summed E-state index contributed by atoms with van der Waals surface area (Å²) in [6.45, 7) is 0. The van der Waals surface area contributed by atoms with Crippen LogP contribution in [0.5, 0.6) is 0 Å². The summed E-state index contributed by atoms with van der Waals surface area (Å²) in [5, 5.41) is 0. The molecular formula is C21H34Ti-4. The molecule has 0 nitrogen and oxygen atoms in total. The van der Waals surface area contributed by atoms with Gasteiger partial charge in [-0.15, -0.1) is 25.7 Å². The minimum atomic E-state index is 0. The van der Waals surface area contributed by atoms with Gasteiger partial charge in [0.2, 0.25) is 0 Å². The number of fused-ring (bicyclic) bond motifs is 2. The average Bonchev–Trinajstić information content (AvgIpc) is 3.18. The molecule has 22 heavy (non-hydrogen) atoms. The molecule has 2 saturated carbocycles. The van der Waals surface area contributed by atoms with E-state index in [1.165, 1.54) is 64.2 Å². The number of hydrogen-bond acceptors (Lipinski definition) is 0. The summed E-state index contributed by atoms with van der Waals surface area (Å²) in [6.07, 6.45) is 23.7. The topological polar surface area (TPSA) is 0 Å². The van der Waals surface area contributed by atoms with Crippen molar-refractivity contribution in [3.63, 3.8) is 0 Å². The van der Waals surface area contributed by atoms with Crippen LogP contribution in [0.2, 0.25) is 0 Å². The van der Waals surface area contributed by atoms with Gasteiger partial charge in [0.1, 0.15) is 0 Å². The molecule has 1 heteroatoms. The van der Waals surface area contributed by atoms with Gasteiger partial charge in [-0.25, -0.2) is 36.1 Å². The Kier molecular flexibility index (Phi) is 12.1. The third-order valence-electron chi connectivity index (χ3n) is 5.01. The molecule has 0 aliphatic heterocycles. The molecule has 126 valence electrons. The molecule has 4 aliphatic rings. The first-order chi connectivity index (χ1) is 9.93. The Morgan fingerprint density at radius 3 is 1.55 bits per heavy atom. The van der Waals surface area contributed by atoms with Crippen LogP contribution in [0, 0.1) is 39.5 Å². The van der Waals surface area contributed by atoms with Gasteiger partial charge in [-0.05, 0) is 0 Å². The van der Waals surface area contributed by atoms with Crippen LogP contribution in [0.3, 0.4) is 0 Å². The molecule has 0 saturated heterocycles. The molecule has 4 aliphatic carbocycles. The SMILES string of the molecule is C1=C2[CH-]CCC2CCC1.C1=C2[CH-]CCC2CCC1.[CH2]=[Ti].[CH3-].[CH3-]. The fourth-order valence-corrected chi connectivity index (χ4v) is 3.96. The third-order valence-corrected chi connectivity index (χ3v) is 5.01. The number of allylic oxidation sites excluding steroid dienone is 4. The van der Waals surface area contributed by atoms with E-state index < -0.39 is 0 Å². The van der Waals surface area contributed by atoms with Gasteiger partial charge < -0.3 is 14.9 Å². The number of rotatable bonds is 0. The molecule has 2 fully saturated rings. The van der Waals surface area contributed by atoms with Crippen molar-refractivity contribution in [1.29, 1.82) is 0 Å². The Balaban J connectivity index is 0.000000334. The van der Waals surface area contributed by atoms with Crippen molar-refractivity contribution in [3.05, 3.63) is 51.0 Å². The van der Waals surface area contributed by atoms with Crippen LogP contribution in [0.25, 0.3) is 0 Å². The zero-order valence-electron chi connectivity index (χ0n) is 14.7. The van der Waals surface area contributed by atoms with Crippen molar-refractivity contribution < 1.29 is 20.0 Å². The summed E-state index contributed by atoms with van der Waals surface area (Å²) in [7, 11) is 0. The summed E-state index contributed by atoms with van der Waals surface area (Å²) in [4.78, 5) is 3.25. The van der Waals surface area contributed by atoms with Crippen LogP contribution < -0.4 is 0 Å². The van der Waals surface area contributed by atoms with Crippen LogP contribution in [0.1, 0.15) is 64.2 Å². The third kappa shape index (κ3) is 6.13. The van der Waals surface area contributed by atoms with E-state index in [0.29, 0.717) is 0 Å². The van der Waals surface area contributed by atoms with E-state index in [9.17, 15) is 0 Å². The molecule has 0 bridgehead atoms. The second kappa shape index (κ2) is 12.3. The van der Waals surface area contributed by atoms with E-state index in [-0.39, 0.29) is 14.9 Å². The Hall–Kier alpha value is -0.196. The molecule has 4 rings (SSSR count). The van der Waals surface area contributed by atoms with Gasteiger partial charge in [0, 0.05) is 0 Å². The van der Waals surface area contributed by atoms with Crippen molar-refractivity contribution in [2.24, 2.45) is 11.8 Å². The molecule has 0 N–H and O–H groups in total. The van der Waals surface area contributed by atoms with E-state index >= 15 is 0 Å². The predicted molar refractivity (Wildman–Crippen MR) is 97.9 cm³/mol. The average molecular weight is 334 g/mol. The van der Waals surface area contributed by atoms with Crippen LogP contribution >= 0.6 is 0 Å². The summed E-state index contributed by atoms with van der Waals surface area (Å²) >= 11 is 1.75. The summed E-state index contributed by atoms with van der Waals surface area (Å²) in [6, 6.07) is 0. The maximum absolute atomic E-state index is 3.25. The minimum absolute atomic E-state index is 0. The smallest absolute Gasteiger partial charge is 0.358 e. The maximum Gasteiger partial charge on any atom is -0.358 e. The summed E-state index contributed by atoms with van der Waals surface area (Å²) in [5.41, 5.74) is 3.34. The molecule has 0 aromatic carbocycles. The zero-order chi connectivity index (χ0) is 14.2. The minimum Gasteiger partial charge on any atom is -0.358 e. The first-order valence-electron chi connectivity index (χ1n) is 8.35. The van der Waals surface area contributed by atoms with E-state index in [1.807, 2.05) is 0 Å². The molecule has 2 atom stereocenters. The summed E-state index contributed by atoms with van der Waals surface area (Å²) in [5.74, 6) is 1.94. The van der Waals surface area contributed by atoms with Gasteiger partial charge in [0.25, 0.3) is 0 Å². The normalized spacial score (nSPS) is 27.0. The molecular weight excluding hydrogens is 300 g/mol. The van der Waals surface area contributed by atoms with E-state index in [1.54, 1.807) is 31.1 Å². The van der Waals surface area contributed by atoms with Crippen LogP contribution in [-0.4, -0.2) is 4.82 Å². The van der Waals surface area contributed by atoms with Gasteiger partial charge in [-0.2, -0.15) is 0 Å². The fraction of sp³-hybridized carbons (Fsp3) is 0.571. The maximum atomic E-state index is 3.25. The van der Waals surface area contributed by atoms with Crippen LogP contribution in [0.4, 0.5) is 0 Å². The van der Waals surface area contributed by atoms with E-state index in [2.05, 4.69) is 29.8 Å². The molecule has 0 aromatic heterocycles. The standard InChI is InChI=1S/2C9H13.2CH3.CH2.Ti/c2*1-2-5-9-7-3-6-8(9)4-1;;;;/h2*4,6,9H,1-3,5,7H2;2*1H3;1H2;/q4*-1;;. The van der Waals surface area contributed by atoms with Gasteiger partial charge in [0.05, 0.1) is 0 Å². The predicted octanol–water partition coefficient (Wildman–Crippen LogP) is 6.29. The molecule has 0 heterocycles. The van der Waals surface area contributed by atoms with Crippen molar-refractivity contribution in [2.75, 3.05) is 0 Å². The van der Waals surface area contributed by atoms with Gasteiger partial charge >= 0.3 is 24.8 Å². The quantitative estimate of drug-likeness (QED) is 0.361. The van der Waals surface area contributed by atoms with E-state index in [4.69, 9.17) is 0 Å². The second-order valence-electron chi connectivity index (χ2n) is 6.23. The van der Waals surface area contributed by atoms with Crippen LogP contribution in [0.15, 0.2) is 23.3 Å². The van der Waals surface area contributed by atoms with Crippen molar-refractivity contribution in [3.8, 4) is 0 Å². The van der Waals surface area contributed by atoms with Gasteiger partial charge in [-0.1, -0.05) is 50.4 Å². The molecule has 0 spiro atoms. The molecule has 0 radical (unpaired) electrons. The first-order valence-corrected chi connectivity index (χ1v) is 9.46. The molecule has 0 amide bonds. The van der Waals surface area contributed by atoms with Crippen molar-refractivity contribution in [1.82, 2.24) is 0 Å². The Morgan fingerprint density at radius 1 is 0.773 bits per heavy atom. The Labute approximate surface area is 151 Å². The molecule has 2 unspecified atom stereocenters. The van der Waals surface area contributed by atoms with Crippen LogP contribution in [-0.2, 0) is 20.0 Å². The fourth-order valence-electron chi connectivity index (χ4n) is 3.96. The summed E-state index contributed by atoms with van der Waals surface area (Å²) < 4.78 is 0. The largest absolute Gasteiger partial charge is 0.358 e. The van der Waals surface area contributed by atoms with E-state index in [0.717, 1.165) is 11.8 Å². The second-order valence-corrected chi connectivity index (χ2v) is 6.23. The Bertz CT molecular complexity index is 319.